The predicted octanol–water partition coefficient (Wildman–Crippen LogP) is -3.46. The third-order valence-corrected chi connectivity index (χ3v) is 17.2. The van der Waals surface area contributed by atoms with Crippen LogP contribution >= 0.6 is 0 Å². The number of imidazole rings is 1. The Morgan fingerprint density at radius 1 is 0.450 bits per heavy atom. The number of aliphatic hydroxyl groups excluding tert-OH is 3. The zero-order valence-corrected chi connectivity index (χ0v) is 65.1. The third kappa shape index (κ3) is 51.3. The molecule has 7 atom stereocenters. The van der Waals surface area contributed by atoms with Crippen LogP contribution < -0.4 is 64.6 Å². The molecule has 1 aromatic heterocycles. The fourth-order valence-electron chi connectivity index (χ4n) is 10.8. The summed E-state index contributed by atoms with van der Waals surface area (Å²) in [5, 5.41) is 63.2. The van der Waals surface area contributed by atoms with Gasteiger partial charge in [-0.25, -0.2) is 4.98 Å². The number of ether oxygens (including phenoxy) is 4. The van der Waals surface area contributed by atoms with E-state index >= 15 is 0 Å². The number of nitrogens with two attached hydrogens (primary N) is 2. The van der Waals surface area contributed by atoms with Gasteiger partial charge < -0.3 is 119 Å². The highest BCUT2D eigenvalue weighted by Crippen LogP contribution is 2.16. The summed E-state index contributed by atoms with van der Waals surface area (Å²) in [7, 11) is 3.44. The SMILES string of the molecule is CCCC[C@H](NC(=O)CN(CCN(C)C)C(=O)[C@H](Cc1cnc[nH]1)NC(=O)[C@H](CCC(N)=O)NC(=O)[C@H](CO)NC(=O)[C@H](CO)NC(=O)[C@H](CCC(N)=O)NC(=O)[C@@H](CO)NC(=O)CNC(=O)COCCOCCNC(=O)COCCOCCNC(=O)CCCCCCCCCCCCCCCCCCC(=O)O)C(C)=O. The van der Waals surface area contributed by atoms with Crippen LogP contribution in [-0.4, -0.2) is 297 Å². The molecule has 0 radical (unpaired) electrons. The second-order valence-electron chi connectivity index (χ2n) is 27.1. The van der Waals surface area contributed by atoms with Crippen LogP contribution in [0.5, 0.6) is 0 Å². The van der Waals surface area contributed by atoms with Crippen molar-refractivity contribution in [2.45, 2.75) is 223 Å². The molecule has 0 aliphatic carbocycles. The van der Waals surface area contributed by atoms with Crippen LogP contribution in [0.1, 0.15) is 180 Å². The summed E-state index contributed by atoms with van der Waals surface area (Å²) in [5.41, 5.74) is 11.1. The van der Waals surface area contributed by atoms with Gasteiger partial charge in [0.05, 0.1) is 84.9 Å². The van der Waals surface area contributed by atoms with E-state index in [0.717, 1.165) is 44.9 Å². The quantitative estimate of drug-likeness (QED) is 0.0282. The molecular formula is C72H126N16O23. The molecule has 19 N–H and O–H groups in total. The number of aliphatic hydroxyl groups is 3. The molecule has 632 valence electrons. The number of ketones is 1. The maximum Gasteiger partial charge on any atom is 0.303 e. The number of carbonyl (C=O) groups excluding carboxylic acids is 14. The van der Waals surface area contributed by atoms with Crippen LogP contribution in [0.3, 0.4) is 0 Å². The summed E-state index contributed by atoms with van der Waals surface area (Å²) in [6.45, 7) is -0.720. The highest BCUT2D eigenvalue weighted by molar-refractivity contribution is 5.98. The van der Waals surface area contributed by atoms with Crippen molar-refractivity contribution >= 4 is 88.5 Å². The van der Waals surface area contributed by atoms with Crippen LogP contribution in [-0.2, 0) is 97.3 Å². The van der Waals surface area contributed by atoms with E-state index in [1.54, 1.807) is 19.0 Å². The fraction of sp³-hybridized carbons (Fsp3) is 0.750. The largest absolute Gasteiger partial charge is 0.481 e. The number of carboxylic acids is 1. The van der Waals surface area contributed by atoms with Crippen molar-refractivity contribution in [2.24, 2.45) is 11.5 Å². The molecule has 1 aromatic rings. The molecule has 0 saturated heterocycles. The molecule has 0 aliphatic rings. The lowest BCUT2D eigenvalue weighted by molar-refractivity contribution is -0.141. The Kier molecular flexibility index (Phi) is 56.6. The number of H-pyrrole nitrogens is 1. The first-order chi connectivity index (χ1) is 53.1. The van der Waals surface area contributed by atoms with Gasteiger partial charge in [-0.3, -0.25) is 71.9 Å². The third-order valence-electron chi connectivity index (χ3n) is 17.2. The second-order valence-corrected chi connectivity index (χ2v) is 27.1. The number of primary amides is 2. The van der Waals surface area contributed by atoms with Crippen molar-refractivity contribution in [3.63, 3.8) is 0 Å². The molecular weight excluding hydrogens is 1460 g/mol. The number of likely N-dealkylation sites (N-methyl/N-ethyl adjacent to an activating group) is 1. The number of amides is 13. The number of hydrogen-bond acceptors (Lipinski definition) is 24. The van der Waals surface area contributed by atoms with Gasteiger partial charge in [-0.2, -0.15) is 0 Å². The zero-order valence-electron chi connectivity index (χ0n) is 65.1. The van der Waals surface area contributed by atoms with Crippen LogP contribution in [0.25, 0.3) is 0 Å². The minimum absolute atomic E-state index is 0.0161. The molecule has 39 nitrogen and oxygen atoms in total. The van der Waals surface area contributed by atoms with Crippen molar-refractivity contribution in [1.82, 2.24) is 72.9 Å². The summed E-state index contributed by atoms with van der Waals surface area (Å²) in [6.07, 6.45) is 21.1. The maximum absolute atomic E-state index is 14.4. The minimum Gasteiger partial charge on any atom is -0.481 e. The molecule has 1 rings (SSSR count). The molecule has 13 amide bonds. The normalized spacial score (nSPS) is 13.0. The first-order valence-corrected chi connectivity index (χ1v) is 38.4. The van der Waals surface area contributed by atoms with Crippen molar-refractivity contribution in [1.29, 1.82) is 0 Å². The van der Waals surface area contributed by atoms with E-state index in [9.17, 15) is 87.2 Å². The predicted molar refractivity (Wildman–Crippen MR) is 402 cm³/mol. The molecule has 0 unspecified atom stereocenters. The monoisotopic (exact) mass is 1580 g/mol. The molecule has 0 saturated carbocycles. The first-order valence-electron chi connectivity index (χ1n) is 38.4. The molecule has 0 aromatic carbocycles. The zero-order chi connectivity index (χ0) is 82.6. The summed E-state index contributed by atoms with van der Waals surface area (Å²) in [4.78, 5) is 203. The smallest absolute Gasteiger partial charge is 0.303 e. The molecule has 0 bridgehead atoms. The van der Waals surface area contributed by atoms with Gasteiger partial charge in [0.15, 0.2) is 5.78 Å². The van der Waals surface area contributed by atoms with E-state index in [-0.39, 0.29) is 83.8 Å². The average Bonchev–Trinajstić information content (AvgIpc) is 1.70. The van der Waals surface area contributed by atoms with E-state index in [2.05, 4.69) is 63.1 Å². The van der Waals surface area contributed by atoms with Crippen LogP contribution in [0, 0.1) is 0 Å². The molecule has 0 spiro atoms. The molecule has 0 fully saturated rings. The van der Waals surface area contributed by atoms with Crippen molar-refractivity contribution in [2.75, 3.05) is 126 Å². The lowest BCUT2D eigenvalue weighted by Crippen LogP contribution is -2.61. The number of aliphatic carboxylic acids is 1. The number of nitrogens with zero attached hydrogens (tertiary/aromatic N) is 3. The maximum atomic E-state index is 14.4. The Morgan fingerprint density at radius 2 is 0.856 bits per heavy atom. The van der Waals surface area contributed by atoms with Crippen molar-refractivity contribution in [3.8, 4) is 0 Å². The Balaban J connectivity index is 2.59. The number of Topliss-reactive ketones (excluding diaryl/α,β-unsaturated/α-hetero) is 1. The summed E-state index contributed by atoms with van der Waals surface area (Å²) in [5.74, 6) is -12.6. The Bertz CT molecular complexity index is 2930. The van der Waals surface area contributed by atoms with Crippen LogP contribution in [0.15, 0.2) is 12.5 Å². The average molecular weight is 1580 g/mol. The Hall–Kier alpha value is -8.86. The van der Waals surface area contributed by atoms with Gasteiger partial charge in [0.2, 0.25) is 76.8 Å². The number of aromatic nitrogens is 2. The Morgan fingerprint density at radius 3 is 1.28 bits per heavy atom. The molecule has 39 heteroatoms. The van der Waals surface area contributed by atoms with E-state index in [4.69, 9.17) is 35.5 Å². The van der Waals surface area contributed by atoms with Crippen LogP contribution in [0.4, 0.5) is 0 Å². The number of nitrogens with one attached hydrogen (secondary N) is 11. The first kappa shape index (κ1) is 100. The van der Waals surface area contributed by atoms with Gasteiger partial charge in [0.25, 0.3) is 0 Å². The summed E-state index contributed by atoms with van der Waals surface area (Å²) >= 11 is 0. The topological polar surface area (TPSA) is 581 Å². The second kappa shape index (κ2) is 62.7. The highest BCUT2D eigenvalue weighted by Gasteiger charge is 2.35. The lowest BCUT2D eigenvalue weighted by Gasteiger charge is -2.30. The fourth-order valence-corrected chi connectivity index (χ4v) is 10.8. The van der Waals surface area contributed by atoms with Gasteiger partial charge in [0, 0.05) is 70.2 Å². The van der Waals surface area contributed by atoms with E-state index in [1.807, 2.05) is 6.92 Å². The van der Waals surface area contributed by atoms with Gasteiger partial charge in [-0.15, -0.1) is 0 Å². The van der Waals surface area contributed by atoms with Gasteiger partial charge in [-0.1, -0.05) is 110 Å². The van der Waals surface area contributed by atoms with Crippen molar-refractivity contribution < 1.29 is 111 Å². The number of unbranched alkanes of at least 4 members (excludes halogenated alkanes) is 16. The minimum atomic E-state index is -1.96. The summed E-state index contributed by atoms with van der Waals surface area (Å²) < 4.78 is 21.4. The standard InChI is InChI=1S/C72H126N16O23/c1-5-6-23-52(50(2)92)80-63(97)43-88(33-32-87(3)4)72(107)55(40-51-41-75-49-79-51)84-67(102)53(26-28-59(73)93)83-70(105)57(45-90)86-71(106)58(46-91)85-68(103)54(27-29-60(74)94)82-69(104)56(44-89)81-62(96)42-78-65(99)48-111-39-37-109-35-31-77-64(98)47-110-38-36-108-34-30-76-61(95)24-21-19-17-15-13-11-9-7-8-10-12-14-16-18-20-22-25-66(100)101/h41,49,52-58,89-91H,5-40,42-48H2,1-4H3,(H2,73,93)(H2,74,94)(H,75,79)(H,76,95)(H,77,98)(H,78,99)(H,80,97)(H,81,96)(H,82,104)(H,83,105)(H,84,102)(H,85,103)(H,86,106)(H,100,101)/t52-,53-,54-,55-,56+,57-,58-/m0/s1. The Labute approximate surface area is 649 Å². The van der Waals surface area contributed by atoms with Gasteiger partial charge in [-0.05, 0) is 53.1 Å². The van der Waals surface area contributed by atoms with Crippen molar-refractivity contribution in [3.05, 3.63) is 18.2 Å². The number of aromatic amines is 1. The number of carboxylic acid groups (broad SMARTS) is 1. The number of rotatable bonds is 70. The van der Waals surface area contributed by atoms with Crippen LogP contribution in [0.2, 0.25) is 0 Å². The molecule has 1 heterocycles. The molecule has 0 aliphatic heterocycles. The number of hydrogen-bond donors (Lipinski definition) is 17. The molecule has 111 heavy (non-hydrogen) atoms. The van der Waals surface area contributed by atoms with Gasteiger partial charge >= 0.3 is 5.97 Å². The lowest BCUT2D eigenvalue weighted by atomic mass is 10.0. The van der Waals surface area contributed by atoms with E-state index in [0.29, 0.717) is 38.1 Å². The van der Waals surface area contributed by atoms with E-state index in [1.165, 1.54) is 88.6 Å². The van der Waals surface area contributed by atoms with Gasteiger partial charge in [0.1, 0.15) is 49.5 Å². The summed E-state index contributed by atoms with van der Waals surface area (Å²) in [6, 6.07) is -11.5. The number of carbonyl (C=O) groups is 15. The highest BCUT2D eigenvalue weighted by atomic mass is 16.5. The van der Waals surface area contributed by atoms with E-state index < -0.39 is 184 Å².